The molecule has 1 atom stereocenters. The minimum Gasteiger partial charge on any atom is -0.497 e. The van der Waals surface area contributed by atoms with Crippen molar-refractivity contribution in [1.29, 1.82) is 0 Å². The first-order valence-corrected chi connectivity index (χ1v) is 9.10. The second-order valence-corrected chi connectivity index (χ2v) is 7.10. The molecule has 3 rings (SSSR count). The summed E-state index contributed by atoms with van der Waals surface area (Å²) in [4.78, 5) is 16.8. The Morgan fingerprint density at radius 2 is 1.83 bits per heavy atom. The number of amides is 2. The number of urea groups is 1. The summed E-state index contributed by atoms with van der Waals surface area (Å²) >= 11 is 0. The Hall–Kier alpha value is -1.91. The minimum atomic E-state index is 0.129. The Morgan fingerprint density at radius 1 is 1.12 bits per heavy atom. The molecule has 2 aliphatic heterocycles. The van der Waals surface area contributed by atoms with Gasteiger partial charge in [0.15, 0.2) is 0 Å². The van der Waals surface area contributed by atoms with Crippen LogP contribution in [-0.2, 0) is 0 Å². The van der Waals surface area contributed by atoms with Gasteiger partial charge in [0, 0.05) is 37.9 Å². The van der Waals surface area contributed by atoms with Gasteiger partial charge in [0.05, 0.1) is 7.11 Å². The number of ether oxygens (including phenoxy) is 1. The average molecular weight is 331 g/mol. The molecule has 1 aromatic carbocycles. The molecule has 5 heteroatoms. The minimum absolute atomic E-state index is 0.129. The van der Waals surface area contributed by atoms with Crippen LogP contribution in [-0.4, -0.2) is 50.3 Å². The first-order valence-electron chi connectivity index (χ1n) is 9.10. The Labute approximate surface area is 145 Å². The fraction of sp³-hybridized carbons (Fsp3) is 0.632. The number of nitrogens with one attached hydrogen (secondary N) is 1. The first-order chi connectivity index (χ1) is 11.7. The number of carbonyl (C=O) groups is 1. The maximum atomic E-state index is 12.4. The zero-order valence-electron chi connectivity index (χ0n) is 14.8. The fourth-order valence-corrected chi connectivity index (χ4v) is 3.71. The summed E-state index contributed by atoms with van der Waals surface area (Å²) in [6.07, 6.45) is 4.37. The van der Waals surface area contributed by atoms with E-state index in [0.29, 0.717) is 12.0 Å². The van der Waals surface area contributed by atoms with Crippen LogP contribution in [0.1, 0.15) is 32.6 Å². The van der Waals surface area contributed by atoms with Gasteiger partial charge in [-0.2, -0.15) is 0 Å². The van der Waals surface area contributed by atoms with Gasteiger partial charge >= 0.3 is 6.03 Å². The molecule has 0 saturated carbocycles. The van der Waals surface area contributed by atoms with Crippen molar-refractivity contribution in [3.8, 4) is 5.75 Å². The number of methoxy groups -OCH3 is 1. The summed E-state index contributed by atoms with van der Waals surface area (Å²) in [6.45, 7) is 5.99. The molecule has 132 valence electrons. The van der Waals surface area contributed by atoms with Gasteiger partial charge in [0.2, 0.25) is 0 Å². The predicted octanol–water partition coefficient (Wildman–Crippen LogP) is 3.11. The van der Waals surface area contributed by atoms with Gasteiger partial charge in [-0.15, -0.1) is 0 Å². The number of carbonyl (C=O) groups excluding carboxylic acids is 1. The number of rotatable bonds is 3. The fourth-order valence-electron chi connectivity index (χ4n) is 3.71. The van der Waals surface area contributed by atoms with E-state index >= 15 is 0 Å². The molecule has 2 fully saturated rings. The Kier molecular flexibility index (Phi) is 5.48. The van der Waals surface area contributed by atoms with Crippen molar-refractivity contribution < 1.29 is 9.53 Å². The van der Waals surface area contributed by atoms with E-state index in [9.17, 15) is 4.79 Å². The lowest BCUT2D eigenvalue weighted by atomic mass is 10.0. The normalized spacial score (nSPS) is 22.3. The van der Waals surface area contributed by atoms with Gasteiger partial charge in [-0.3, -0.25) is 0 Å². The maximum Gasteiger partial charge on any atom is 0.317 e. The first kappa shape index (κ1) is 16.9. The van der Waals surface area contributed by atoms with Gasteiger partial charge in [-0.1, -0.05) is 6.92 Å². The molecule has 1 N–H and O–H groups in total. The summed E-state index contributed by atoms with van der Waals surface area (Å²) < 4.78 is 5.21. The summed E-state index contributed by atoms with van der Waals surface area (Å²) in [7, 11) is 1.69. The third-order valence-corrected chi connectivity index (χ3v) is 5.20. The molecule has 2 aliphatic rings. The van der Waals surface area contributed by atoms with Gasteiger partial charge in [-0.05, 0) is 55.9 Å². The second kappa shape index (κ2) is 7.77. The van der Waals surface area contributed by atoms with Crippen molar-refractivity contribution in [2.24, 2.45) is 5.92 Å². The van der Waals surface area contributed by atoms with E-state index in [2.05, 4.69) is 29.3 Å². The second-order valence-electron chi connectivity index (χ2n) is 7.10. The number of likely N-dealkylation sites (tertiary alicyclic amines) is 1. The van der Waals surface area contributed by atoms with Crippen molar-refractivity contribution in [1.82, 2.24) is 10.2 Å². The van der Waals surface area contributed by atoms with E-state index in [1.54, 1.807) is 7.11 Å². The highest BCUT2D eigenvalue weighted by Gasteiger charge is 2.25. The van der Waals surface area contributed by atoms with Crippen LogP contribution in [0.4, 0.5) is 10.5 Å². The van der Waals surface area contributed by atoms with Crippen LogP contribution in [0.15, 0.2) is 24.3 Å². The lowest BCUT2D eigenvalue weighted by Crippen LogP contribution is -2.51. The number of benzene rings is 1. The molecule has 0 aliphatic carbocycles. The molecule has 2 amide bonds. The van der Waals surface area contributed by atoms with E-state index in [1.165, 1.54) is 12.1 Å². The molecule has 5 nitrogen and oxygen atoms in total. The molecular formula is C19H29N3O2. The largest absolute Gasteiger partial charge is 0.497 e. The van der Waals surface area contributed by atoms with Crippen molar-refractivity contribution >= 4 is 11.7 Å². The average Bonchev–Trinajstić information content (AvgIpc) is 2.62. The quantitative estimate of drug-likeness (QED) is 0.926. The van der Waals surface area contributed by atoms with Crippen LogP contribution < -0.4 is 15.0 Å². The number of hydrogen-bond acceptors (Lipinski definition) is 3. The van der Waals surface area contributed by atoms with Crippen LogP contribution in [0.25, 0.3) is 0 Å². The van der Waals surface area contributed by atoms with Crippen molar-refractivity contribution in [3.05, 3.63) is 24.3 Å². The molecule has 0 unspecified atom stereocenters. The third-order valence-electron chi connectivity index (χ3n) is 5.20. The maximum absolute atomic E-state index is 12.4. The topological polar surface area (TPSA) is 44.8 Å². The van der Waals surface area contributed by atoms with E-state index in [4.69, 9.17) is 4.74 Å². The van der Waals surface area contributed by atoms with Gasteiger partial charge in [0.1, 0.15) is 5.75 Å². The molecule has 0 bridgehead atoms. The monoisotopic (exact) mass is 331 g/mol. The summed E-state index contributed by atoms with van der Waals surface area (Å²) in [6, 6.07) is 8.63. The molecule has 0 spiro atoms. The zero-order valence-corrected chi connectivity index (χ0v) is 14.8. The Balaban J connectivity index is 1.47. The van der Waals surface area contributed by atoms with E-state index in [0.717, 1.165) is 51.2 Å². The molecule has 2 saturated heterocycles. The van der Waals surface area contributed by atoms with Crippen molar-refractivity contribution in [2.75, 3.05) is 38.2 Å². The number of hydrogen-bond donors (Lipinski definition) is 1. The number of nitrogens with zero attached hydrogens (tertiary/aromatic N) is 2. The van der Waals surface area contributed by atoms with Gasteiger partial charge in [0.25, 0.3) is 0 Å². The van der Waals surface area contributed by atoms with Crippen LogP contribution in [0.2, 0.25) is 0 Å². The summed E-state index contributed by atoms with van der Waals surface area (Å²) in [5.74, 6) is 1.51. The lowest BCUT2D eigenvalue weighted by molar-refractivity contribution is 0.164. The number of anilines is 1. The highest BCUT2D eigenvalue weighted by Crippen LogP contribution is 2.23. The molecule has 2 heterocycles. The molecule has 24 heavy (non-hydrogen) atoms. The standard InChI is InChI=1S/C19H29N3O2/c1-15-4-3-11-22(14-15)19(23)20-16-9-12-21(13-10-16)17-5-7-18(24-2)8-6-17/h5-8,15-16H,3-4,9-14H2,1-2H3,(H,20,23)/t15-/m1/s1. The van der Waals surface area contributed by atoms with Crippen molar-refractivity contribution in [2.45, 2.75) is 38.6 Å². The molecule has 0 radical (unpaired) electrons. The van der Waals surface area contributed by atoms with Gasteiger partial charge < -0.3 is 19.9 Å². The van der Waals surface area contributed by atoms with Crippen LogP contribution in [0.5, 0.6) is 5.75 Å². The van der Waals surface area contributed by atoms with E-state index in [-0.39, 0.29) is 6.03 Å². The van der Waals surface area contributed by atoms with E-state index < -0.39 is 0 Å². The summed E-state index contributed by atoms with van der Waals surface area (Å²) in [5, 5.41) is 3.24. The molecular weight excluding hydrogens is 302 g/mol. The van der Waals surface area contributed by atoms with Crippen LogP contribution in [0.3, 0.4) is 0 Å². The highest BCUT2D eigenvalue weighted by molar-refractivity contribution is 5.74. The Bertz CT molecular complexity index is 538. The lowest BCUT2D eigenvalue weighted by Gasteiger charge is -2.36. The molecule has 0 aromatic heterocycles. The van der Waals surface area contributed by atoms with E-state index in [1.807, 2.05) is 17.0 Å². The summed E-state index contributed by atoms with van der Waals surface area (Å²) in [5.41, 5.74) is 1.23. The zero-order chi connectivity index (χ0) is 16.9. The number of piperidine rings is 2. The van der Waals surface area contributed by atoms with Gasteiger partial charge in [-0.25, -0.2) is 4.79 Å². The predicted molar refractivity (Wildman–Crippen MR) is 96.7 cm³/mol. The highest BCUT2D eigenvalue weighted by atomic mass is 16.5. The Morgan fingerprint density at radius 3 is 2.46 bits per heavy atom. The molecule has 1 aromatic rings. The van der Waals surface area contributed by atoms with Crippen LogP contribution in [0, 0.1) is 5.92 Å². The third kappa shape index (κ3) is 4.13. The van der Waals surface area contributed by atoms with Crippen molar-refractivity contribution in [3.63, 3.8) is 0 Å². The van der Waals surface area contributed by atoms with Crippen LogP contribution >= 0.6 is 0 Å². The smallest absolute Gasteiger partial charge is 0.317 e. The SMILES string of the molecule is COc1ccc(N2CCC(NC(=O)N3CCC[C@@H](C)C3)CC2)cc1.